The number of anilines is 3. The molecule has 2 aliphatic rings. The molecule has 0 saturated carbocycles. The van der Waals surface area contributed by atoms with Crippen LogP contribution >= 0.6 is 30.9 Å². The normalized spacial score (nSPS) is 15.7. The zero-order valence-corrected chi connectivity index (χ0v) is 46.3. The van der Waals surface area contributed by atoms with Gasteiger partial charge in [0, 0.05) is 89.0 Å². The Bertz CT molecular complexity index is 3110. The van der Waals surface area contributed by atoms with Gasteiger partial charge in [-0.05, 0) is 149 Å². The molecular formula is C58H69ClN5O7PS2. The lowest BCUT2D eigenvalue weighted by molar-refractivity contribution is -0.383. The third kappa shape index (κ3) is 13.9. The minimum Gasteiger partial charge on any atom is -0.381 e. The molecule has 74 heavy (non-hydrogen) atoms. The van der Waals surface area contributed by atoms with Gasteiger partial charge in [-0.15, -0.1) is 11.8 Å². The van der Waals surface area contributed by atoms with Crippen LogP contribution in [0.1, 0.15) is 88.1 Å². The Kier molecular flexibility index (Phi) is 18.2. The number of nitrogens with one attached hydrogen (secondary N) is 2. The Balaban J connectivity index is 0.903. The van der Waals surface area contributed by atoms with E-state index in [-0.39, 0.29) is 23.1 Å². The molecular weight excluding hydrogens is 1010 g/mol. The summed E-state index contributed by atoms with van der Waals surface area (Å²) in [5, 5.41) is 19.3. The highest BCUT2D eigenvalue weighted by Crippen LogP contribution is 2.45. The van der Waals surface area contributed by atoms with Gasteiger partial charge in [0.15, 0.2) is 9.84 Å². The summed E-state index contributed by atoms with van der Waals surface area (Å²) in [6.07, 6.45) is 12.3. The van der Waals surface area contributed by atoms with Crippen molar-refractivity contribution in [3.63, 3.8) is 0 Å². The van der Waals surface area contributed by atoms with Crippen LogP contribution in [0, 0.1) is 29.9 Å². The molecule has 16 heteroatoms. The molecule has 3 heterocycles. The maximum atomic E-state index is 13.9. The summed E-state index contributed by atoms with van der Waals surface area (Å²) in [4.78, 5) is 27.1. The fourth-order valence-corrected chi connectivity index (χ4v) is 14.1. The number of sulfone groups is 1. The summed E-state index contributed by atoms with van der Waals surface area (Å²) >= 11 is 8.01. The van der Waals surface area contributed by atoms with E-state index in [9.17, 15) is 28.0 Å². The van der Waals surface area contributed by atoms with Crippen LogP contribution in [0.2, 0.25) is 5.02 Å². The van der Waals surface area contributed by atoms with Crippen molar-refractivity contribution in [3.05, 3.63) is 159 Å². The van der Waals surface area contributed by atoms with Crippen molar-refractivity contribution >= 4 is 68.8 Å². The van der Waals surface area contributed by atoms with Gasteiger partial charge in [0.1, 0.15) is 5.69 Å². The minimum absolute atomic E-state index is 0.0118. The van der Waals surface area contributed by atoms with Gasteiger partial charge in [-0.2, -0.15) is 0 Å². The van der Waals surface area contributed by atoms with E-state index in [1.54, 1.807) is 30.0 Å². The molecule has 1 aromatic heterocycles. The number of aromatic nitrogens is 1. The van der Waals surface area contributed by atoms with Crippen LogP contribution in [0.4, 0.5) is 22.7 Å². The quantitative estimate of drug-likeness (QED) is 0.0148. The van der Waals surface area contributed by atoms with Gasteiger partial charge in [0.2, 0.25) is 0 Å². The number of unbranched alkanes of at least 4 members (excludes halogenated alkanes) is 1. The monoisotopic (exact) mass is 1080 g/mol. The SMILES string of the molecule is Cc1cc(CCC2=CCN(c3ccc(NP(=O)(O)c4ccc(N[C@H](CCCCC5CCOCC5)CSc5ccccc5)c([N+](=O)[O-])c4)cc3)CC2)cc(-c2c(S(C)(=O)=O)c(C)n(C(C)C)c2-c2ccc(Cl)cc2)c1. The molecule has 1 fully saturated rings. The number of rotatable bonds is 22. The molecule has 0 spiro atoms. The second kappa shape index (κ2) is 24.6. The Hall–Kier alpha value is -5.34. The van der Waals surface area contributed by atoms with Gasteiger partial charge < -0.3 is 29.5 Å². The molecule has 1 saturated heterocycles. The van der Waals surface area contributed by atoms with E-state index >= 15 is 0 Å². The van der Waals surface area contributed by atoms with Crippen molar-refractivity contribution in [2.75, 3.05) is 53.6 Å². The van der Waals surface area contributed by atoms with Crippen molar-refractivity contribution in [2.24, 2.45) is 5.92 Å². The summed E-state index contributed by atoms with van der Waals surface area (Å²) in [6, 6.07) is 35.7. The maximum Gasteiger partial charge on any atom is 0.321 e. The van der Waals surface area contributed by atoms with E-state index in [1.807, 2.05) is 61.5 Å². The number of aryl methyl sites for hydroxylation is 2. The highest BCUT2D eigenvalue weighted by atomic mass is 35.5. The van der Waals surface area contributed by atoms with Gasteiger partial charge in [0.25, 0.3) is 5.69 Å². The Morgan fingerprint density at radius 1 is 0.919 bits per heavy atom. The molecule has 392 valence electrons. The van der Waals surface area contributed by atoms with Crippen LogP contribution in [0.5, 0.6) is 0 Å². The summed E-state index contributed by atoms with van der Waals surface area (Å²) in [5.74, 6) is 1.39. The molecule has 0 amide bonds. The number of hydrogen-bond acceptors (Lipinski definition) is 9. The lowest BCUT2D eigenvalue weighted by atomic mass is 9.93. The van der Waals surface area contributed by atoms with Crippen LogP contribution in [-0.2, 0) is 25.6 Å². The number of hydrogen-bond donors (Lipinski definition) is 3. The predicted octanol–water partition coefficient (Wildman–Crippen LogP) is 14.2. The number of benzene rings is 5. The molecule has 3 N–H and O–H groups in total. The summed E-state index contributed by atoms with van der Waals surface area (Å²) in [5.41, 5.74) is 9.08. The minimum atomic E-state index is -4.27. The van der Waals surface area contributed by atoms with Crippen LogP contribution in [0.25, 0.3) is 22.4 Å². The van der Waals surface area contributed by atoms with E-state index in [0.29, 0.717) is 50.8 Å². The number of thioether (sulfide) groups is 1. The largest absolute Gasteiger partial charge is 0.381 e. The van der Waals surface area contributed by atoms with Crippen molar-refractivity contribution < 1.29 is 27.5 Å². The molecule has 0 aliphatic carbocycles. The summed E-state index contributed by atoms with van der Waals surface area (Å²) in [7, 11) is -7.88. The van der Waals surface area contributed by atoms with Crippen LogP contribution in [-0.4, -0.2) is 67.2 Å². The second-order valence-electron chi connectivity index (χ2n) is 20.1. The molecule has 12 nitrogen and oxygen atoms in total. The van der Waals surface area contributed by atoms with Crippen molar-refractivity contribution in [1.82, 2.24) is 4.57 Å². The zero-order valence-electron chi connectivity index (χ0n) is 43.1. The van der Waals surface area contributed by atoms with E-state index in [1.165, 1.54) is 24.0 Å². The van der Waals surface area contributed by atoms with E-state index < -0.39 is 22.3 Å². The third-order valence-corrected chi connectivity index (χ3v) is 18.4. The Morgan fingerprint density at radius 2 is 1.65 bits per heavy atom. The molecule has 2 atom stereocenters. The van der Waals surface area contributed by atoms with Crippen LogP contribution in [0.15, 0.2) is 137 Å². The highest BCUT2D eigenvalue weighted by molar-refractivity contribution is 7.99. The number of halogens is 1. The number of ether oxygens (including phenoxy) is 1. The zero-order chi connectivity index (χ0) is 52.6. The summed E-state index contributed by atoms with van der Waals surface area (Å²) in [6.45, 7) is 11.3. The maximum absolute atomic E-state index is 13.9. The first kappa shape index (κ1) is 54.9. The predicted molar refractivity (Wildman–Crippen MR) is 306 cm³/mol. The number of nitro benzene ring substituents is 1. The first-order valence-corrected chi connectivity index (χ1v) is 30.6. The second-order valence-corrected chi connectivity index (χ2v) is 25.5. The molecule has 1 unspecified atom stereocenters. The Labute approximate surface area is 446 Å². The fraction of sp³-hybridized carbons (Fsp3) is 0.379. The molecule has 2 aliphatic heterocycles. The highest BCUT2D eigenvalue weighted by Gasteiger charge is 2.31. The topological polar surface area (TPSA) is 156 Å². The average Bonchev–Trinajstić information content (AvgIpc) is 3.72. The Morgan fingerprint density at radius 3 is 2.31 bits per heavy atom. The van der Waals surface area contributed by atoms with Crippen molar-refractivity contribution in [3.8, 4) is 22.4 Å². The third-order valence-electron chi connectivity index (χ3n) is 14.2. The van der Waals surface area contributed by atoms with Gasteiger partial charge in [-0.1, -0.05) is 96.6 Å². The lowest BCUT2D eigenvalue weighted by Gasteiger charge is -2.29. The van der Waals surface area contributed by atoms with Gasteiger partial charge >= 0.3 is 7.52 Å². The van der Waals surface area contributed by atoms with Crippen LogP contribution in [0.3, 0.4) is 0 Å². The molecule has 8 rings (SSSR count). The molecule has 6 aromatic rings. The van der Waals surface area contributed by atoms with Gasteiger partial charge in [0.05, 0.1) is 20.8 Å². The van der Waals surface area contributed by atoms with E-state index in [2.05, 4.69) is 77.1 Å². The van der Waals surface area contributed by atoms with Crippen LogP contribution < -0.4 is 20.6 Å². The fourth-order valence-electron chi connectivity index (χ4n) is 10.5. The van der Waals surface area contributed by atoms with Gasteiger partial charge in [-0.25, -0.2) is 8.42 Å². The average molecular weight is 1080 g/mol. The number of nitro groups is 1. The first-order valence-electron chi connectivity index (χ1n) is 25.7. The van der Waals surface area contributed by atoms with Gasteiger partial charge in [-0.3, -0.25) is 14.7 Å². The first-order chi connectivity index (χ1) is 35.4. The van der Waals surface area contributed by atoms with Crippen molar-refractivity contribution in [2.45, 2.75) is 107 Å². The molecule has 5 aromatic carbocycles. The summed E-state index contributed by atoms with van der Waals surface area (Å²) < 4.78 is 48.6. The smallest absolute Gasteiger partial charge is 0.321 e. The molecule has 0 bridgehead atoms. The van der Waals surface area contributed by atoms with E-state index in [4.69, 9.17) is 16.3 Å². The number of nitrogens with zero attached hydrogens (tertiary/aromatic N) is 3. The lowest BCUT2D eigenvalue weighted by Crippen LogP contribution is -2.28. The standard InChI is InChI=1S/C58H69ClN5O7PS2/c1-40(2)63-42(4)58(74(5,69)70)56(57(63)46-17-19-48(59)20-18-46)47-36-41(3)35-45(37-47)16-15-44-27-31-62(32-28-44)51-23-21-49(22-24-51)61-72(67,68)52-25-26-54(55(38-52)64(65)66)60-50(39-73-53-13-7-6-8-14-53)12-10-9-11-43-29-33-71-34-30-43/h6-8,13-14,17-27,35-38,40,43,50,60H,9-12,15-16,28-34,39H2,1-5H3,(H2,61,67,68)/t50-/m1/s1. The van der Waals surface area contributed by atoms with E-state index in [0.717, 1.165) is 116 Å². The molecule has 0 radical (unpaired) electrons. The van der Waals surface area contributed by atoms with Crippen molar-refractivity contribution in [1.29, 1.82) is 0 Å².